The molecular formula is C24H23FN2O2. The van der Waals surface area contributed by atoms with E-state index in [0.717, 1.165) is 11.1 Å². The molecule has 0 fully saturated rings. The highest BCUT2D eigenvalue weighted by molar-refractivity contribution is 6.06. The van der Waals surface area contributed by atoms with Crippen LogP contribution in [0, 0.1) is 19.7 Å². The van der Waals surface area contributed by atoms with Gasteiger partial charge in [-0.2, -0.15) is 0 Å². The van der Waals surface area contributed by atoms with Crippen molar-refractivity contribution in [2.45, 2.75) is 13.8 Å². The lowest BCUT2D eigenvalue weighted by Gasteiger charge is -2.23. The SMILES string of the molecule is Cc1ccc(C(=O)NCCN(C(=O)c2ccc(C)cc2)c2ccc(F)cc2)cc1. The van der Waals surface area contributed by atoms with E-state index in [2.05, 4.69) is 5.32 Å². The van der Waals surface area contributed by atoms with Gasteiger partial charge in [0.1, 0.15) is 5.82 Å². The van der Waals surface area contributed by atoms with Crippen molar-refractivity contribution >= 4 is 17.5 Å². The van der Waals surface area contributed by atoms with Crippen LogP contribution in [0.15, 0.2) is 72.8 Å². The quantitative estimate of drug-likeness (QED) is 0.673. The molecule has 0 radical (unpaired) electrons. The van der Waals surface area contributed by atoms with Crippen LogP contribution in [0.5, 0.6) is 0 Å². The number of hydrogen-bond acceptors (Lipinski definition) is 2. The molecule has 0 aliphatic carbocycles. The van der Waals surface area contributed by atoms with Gasteiger partial charge in [-0.3, -0.25) is 9.59 Å². The summed E-state index contributed by atoms with van der Waals surface area (Å²) < 4.78 is 13.3. The Morgan fingerprint density at radius 1 is 0.793 bits per heavy atom. The Hall–Kier alpha value is -3.47. The van der Waals surface area contributed by atoms with Gasteiger partial charge in [-0.1, -0.05) is 35.4 Å². The number of carbonyl (C=O) groups is 2. The van der Waals surface area contributed by atoms with E-state index in [1.807, 2.05) is 38.1 Å². The van der Waals surface area contributed by atoms with Crippen LogP contribution in [0.1, 0.15) is 31.8 Å². The van der Waals surface area contributed by atoms with Crippen LogP contribution in [-0.4, -0.2) is 24.9 Å². The van der Waals surface area contributed by atoms with Crippen molar-refractivity contribution in [3.63, 3.8) is 0 Å². The summed E-state index contributed by atoms with van der Waals surface area (Å²) >= 11 is 0. The number of aryl methyl sites for hydroxylation is 2. The summed E-state index contributed by atoms with van der Waals surface area (Å²) in [7, 11) is 0. The number of hydrogen-bond donors (Lipinski definition) is 1. The minimum absolute atomic E-state index is 0.202. The third kappa shape index (κ3) is 5.29. The second kappa shape index (κ2) is 9.15. The molecule has 2 amide bonds. The summed E-state index contributed by atoms with van der Waals surface area (Å²) in [5.41, 5.74) is 3.80. The number of nitrogens with one attached hydrogen (secondary N) is 1. The lowest BCUT2D eigenvalue weighted by Crippen LogP contribution is -2.38. The molecule has 0 bridgehead atoms. The maximum Gasteiger partial charge on any atom is 0.258 e. The molecule has 29 heavy (non-hydrogen) atoms. The van der Waals surface area contributed by atoms with Gasteiger partial charge in [0.05, 0.1) is 0 Å². The van der Waals surface area contributed by atoms with Gasteiger partial charge in [0.2, 0.25) is 0 Å². The lowest BCUT2D eigenvalue weighted by molar-refractivity contribution is 0.0943. The molecule has 0 saturated heterocycles. The highest BCUT2D eigenvalue weighted by atomic mass is 19.1. The summed E-state index contributed by atoms with van der Waals surface area (Å²) in [4.78, 5) is 26.9. The predicted molar refractivity (Wildman–Crippen MR) is 113 cm³/mol. The first-order chi connectivity index (χ1) is 13.9. The second-order valence-electron chi connectivity index (χ2n) is 6.92. The summed E-state index contributed by atoms with van der Waals surface area (Å²) in [5, 5.41) is 2.84. The van der Waals surface area contributed by atoms with Crippen molar-refractivity contribution in [3.05, 3.63) is 101 Å². The molecule has 3 rings (SSSR count). The van der Waals surface area contributed by atoms with Crippen LogP contribution in [0.2, 0.25) is 0 Å². The van der Waals surface area contributed by atoms with Crippen LogP contribution in [0.3, 0.4) is 0 Å². The molecule has 0 saturated carbocycles. The van der Waals surface area contributed by atoms with Crippen molar-refractivity contribution in [2.24, 2.45) is 0 Å². The van der Waals surface area contributed by atoms with Crippen molar-refractivity contribution in [1.82, 2.24) is 5.32 Å². The minimum atomic E-state index is -0.371. The standard InChI is InChI=1S/C24H23FN2O2/c1-17-3-7-19(8-4-17)23(28)26-15-16-27(22-13-11-21(25)12-14-22)24(29)20-9-5-18(2)6-10-20/h3-14H,15-16H2,1-2H3,(H,26,28). The zero-order valence-electron chi connectivity index (χ0n) is 16.5. The van der Waals surface area contributed by atoms with E-state index >= 15 is 0 Å². The van der Waals surface area contributed by atoms with E-state index in [-0.39, 0.29) is 30.7 Å². The fourth-order valence-electron chi connectivity index (χ4n) is 2.91. The van der Waals surface area contributed by atoms with Gasteiger partial charge in [-0.25, -0.2) is 4.39 Å². The highest BCUT2D eigenvalue weighted by Crippen LogP contribution is 2.18. The van der Waals surface area contributed by atoms with Gasteiger partial charge in [0, 0.05) is 29.9 Å². The van der Waals surface area contributed by atoms with Gasteiger partial charge in [-0.15, -0.1) is 0 Å². The molecule has 0 aromatic heterocycles. The van der Waals surface area contributed by atoms with E-state index in [9.17, 15) is 14.0 Å². The Balaban J connectivity index is 1.73. The average Bonchev–Trinajstić information content (AvgIpc) is 2.72. The van der Waals surface area contributed by atoms with Crippen LogP contribution in [-0.2, 0) is 0 Å². The van der Waals surface area contributed by atoms with Crippen molar-refractivity contribution in [2.75, 3.05) is 18.0 Å². The fraction of sp³-hybridized carbons (Fsp3) is 0.167. The maximum atomic E-state index is 13.3. The summed E-state index contributed by atoms with van der Waals surface area (Å²) in [6.07, 6.45) is 0. The van der Waals surface area contributed by atoms with Gasteiger partial charge < -0.3 is 10.2 Å². The zero-order chi connectivity index (χ0) is 20.8. The van der Waals surface area contributed by atoms with Gasteiger partial charge in [0.25, 0.3) is 11.8 Å². The number of halogens is 1. The Morgan fingerprint density at radius 3 is 1.86 bits per heavy atom. The normalized spacial score (nSPS) is 10.4. The monoisotopic (exact) mass is 390 g/mol. The number of benzene rings is 3. The van der Waals surface area contributed by atoms with Crippen LogP contribution >= 0.6 is 0 Å². The van der Waals surface area contributed by atoms with Gasteiger partial charge in [-0.05, 0) is 62.4 Å². The molecule has 5 heteroatoms. The zero-order valence-corrected chi connectivity index (χ0v) is 16.5. The third-order valence-corrected chi connectivity index (χ3v) is 4.62. The molecular weight excluding hydrogens is 367 g/mol. The number of anilines is 1. The van der Waals surface area contributed by atoms with Crippen molar-refractivity contribution in [3.8, 4) is 0 Å². The second-order valence-corrected chi connectivity index (χ2v) is 6.92. The average molecular weight is 390 g/mol. The number of rotatable bonds is 6. The maximum absolute atomic E-state index is 13.3. The van der Waals surface area contributed by atoms with Crippen molar-refractivity contribution < 1.29 is 14.0 Å². The molecule has 0 unspecified atom stereocenters. The number of nitrogens with zero attached hydrogens (tertiary/aromatic N) is 1. The third-order valence-electron chi connectivity index (χ3n) is 4.62. The molecule has 1 N–H and O–H groups in total. The lowest BCUT2D eigenvalue weighted by atomic mass is 10.1. The number of amides is 2. The van der Waals surface area contributed by atoms with Crippen LogP contribution in [0.4, 0.5) is 10.1 Å². The smallest absolute Gasteiger partial charge is 0.258 e. The molecule has 3 aromatic rings. The summed E-state index contributed by atoms with van der Waals surface area (Å²) in [6.45, 7) is 4.43. The summed E-state index contributed by atoms with van der Waals surface area (Å²) in [5.74, 6) is -0.780. The molecule has 4 nitrogen and oxygen atoms in total. The van der Waals surface area contributed by atoms with E-state index in [1.54, 1.807) is 41.3 Å². The van der Waals surface area contributed by atoms with E-state index in [4.69, 9.17) is 0 Å². The van der Waals surface area contributed by atoms with Crippen LogP contribution < -0.4 is 10.2 Å². The van der Waals surface area contributed by atoms with E-state index in [0.29, 0.717) is 16.8 Å². The van der Waals surface area contributed by atoms with Gasteiger partial charge in [0.15, 0.2) is 0 Å². The first-order valence-corrected chi connectivity index (χ1v) is 9.43. The van der Waals surface area contributed by atoms with Gasteiger partial charge >= 0.3 is 0 Å². The topological polar surface area (TPSA) is 49.4 Å². The first kappa shape index (κ1) is 20.3. The van der Waals surface area contributed by atoms with E-state index in [1.165, 1.54) is 12.1 Å². The Labute approximate surface area is 170 Å². The minimum Gasteiger partial charge on any atom is -0.350 e. The van der Waals surface area contributed by atoms with Crippen molar-refractivity contribution in [1.29, 1.82) is 0 Å². The Bertz CT molecular complexity index is 981. The predicted octanol–water partition coefficient (Wildman–Crippen LogP) is 4.52. The van der Waals surface area contributed by atoms with E-state index < -0.39 is 0 Å². The molecule has 0 aliphatic rings. The highest BCUT2D eigenvalue weighted by Gasteiger charge is 2.18. The molecule has 148 valence electrons. The molecule has 0 atom stereocenters. The molecule has 0 spiro atoms. The Kier molecular flexibility index (Phi) is 6.39. The number of carbonyl (C=O) groups excluding carboxylic acids is 2. The summed E-state index contributed by atoms with van der Waals surface area (Å²) in [6, 6.07) is 20.3. The molecule has 0 heterocycles. The molecule has 0 aliphatic heterocycles. The Morgan fingerprint density at radius 2 is 1.31 bits per heavy atom. The van der Waals surface area contributed by atoms with Crippen LogP contribution in [0.25, 0.3) is 0 Å². The first-order valence-electron chi connectivity index (χ1n) is 9.43. The largest absolute Gasteiger partial charge is 0.350 e. The fourth-order valence-corrected chi connectivity index (χ4v) is 2.91. The molecule has 3 aromatic carbocycles.